The van der Waals surface area contributed by atoms with Gasteiger partial charge in [-0.05, 0) is 0 Å². The number of rotatable bonds is 3. The average Bonchev–Trinajstić information content (AvgIpc) is 1.68. The molecular weight excluding hydrogens is 171 g/mol. The van der Waals surface area contributed by atoms with Crippen LogP contribution in [-0.2, 0) is 9.53 Å². The van der Waals surface area contributed by atoms with E-state index < -0.39 is 0 Å². The minimum absolute atomic E-state index is 0.0602. The molecule has 0 aromatic carbocycles. The molecule has 2 nitrogen and oxygen atoms in total. The molecule has 0 fully saturated rings. The maximum absolute atomic E-state index is 10.4. The van der Waals surface area contributed by atoms with Crippen molar-refractivity contribution in [3.63, 3.8) is 0 Å². The van der Waals surface area contributed by atoms with Crippen LogP contribution < -0.4 is 0 Å². The van der Waals surface area contributed by atoms with E-state index in [0.717, 1.165) is 0 Å². The van der Waals surface area contributed by atoms with E-state index in [2.05, 4.69) is 4.74 Å². The van der Waals surface area contributed by atoms with Crippen molar-refractivity contribution in [2.24, 2.45) is 0 Å². The van der Waals surface area contributed by atoms with E-state index in [-0.39, 0.29) is 5.97 Å². The van der Waals surface area contributed by atoms with Gasteiger partial charge in [0, 0.05) is 0 Å². The van der Waals surface area contributed by atoms with Crippen LogP contribution in [-0.4, -0.2) is 27.5 Å². The topological polar surface area (TPSA) is 26.3 Å². The van der Waals surface area contributed by atoms with Crippen LogP contribution in [0.1, 0.15) is 6.92 Å². The molecule has 48 valence electrons. The van der Waals surface area contributed by atoms with Gasteiger partial charge in [-0.1, -0.05) is 0 Å². The summed E-state index contributed by atoms with van der Waals surface area (Å²) in [7, 11) is 0. The molecular formula is C5H10O2Se. The Balaban J connectivity index is 3.06. The fourth-order valence-corrected chi connectivity index (χ4v) is 0.990. The van der Waals surface area contributed by atoms with E-state index in [1.165, 1.54) is 0 Å². The number of esters is 1. The molecule has 0 aromatic heterocycles. The molecule has 0 radical (unpaired) electrons. The van der Waals surface area contributed by atoms with E-state index >= 15 is 0 Å². The van der Waals surface area contributed by atoms with Crippen LogP contribution >= 0.6 is 0 Å². The van der Waals surface area contributed by atoms with Gasteiger partial charge in [0.1, 0.15) is 0 Å². The first-order valence-corrected chi connectivity index (χ1v) is 5.38. The summed E-state index contributed by atoms with van der Waals surface area (Å²) in [4.78, 5) is 10.4. The van der Waals surface area contributed by atoms with Crippen molar-refractivity contribution in [2.45, 2.75) is 18.1 Å². The summed E-state index contributed by atoms with van der Waals surface area (Å²) in [5.74, 6) is 1.96. The SMILES string of the molecule is CCOC(=O)C[Se]C. The first kappa shape index (κ1) is 7.99. The number of carbonyl (C=O) groups excluding carboxylic acids is 1. The summed E-state index contributed by atoms with van der Waals surface area (Å²) >= 11 is 0.423. The number of carbonyl (C=O) groups is 1. The molecule has 0 aliphatic rings. The van der Waals surface area contributed by atoms with Crippen molar-refractivity contribution in [3.05, 3.63) is 0 Å². The molecule has 0 amide bonds. The molecule has 0 unspecified atom stereocenters. The second-order valence-electron chi connectivity index (χ2n) is 1.24. The third kappa shape index (κ3) is 4.16. The van der Waals surface area contributed by atoms with E-state index in [0.29, 0.717) is 26.9 Å². The van der Waals surface area contributed by atoms with E-state index in [1.54, 1.807) is 0 Å². The molecule has 0 saturated heterocycles. The fraction of sp³-hybridized carbons (Fsp3) is 0.800. The van der Waals surface area contributed by atoms with Crippen molar-refractivity contribution >= 4 is 20.9 Å². The molecule has 0 rings (SSSR count). The molecule has 0 aliphatic carbocycles. The third-order valence-corrected chi connectivity index (χ3v) is 1.67. The monoisotopic (exact) mass is 182 g/mol. The summed E-state index contributed by atoms with van der Waals surface area (Å²) in [5.41, 5.74) is 0. The van der Waals surface area contributed by atoms with Gasteiger partial charge < -0.3 is 0 Å². The Morgan fingerprint density at radius 1 is 1.75 bits per heavy atom. The predicted molar refractivity (Wildman–Crippen MR) is 33.1 cm³/mol. The average molecular weight is 181 g/mol. The van der Waals surface area contributed by atoms with E-state index in [4.69, 9.17) is 0 Å². The van der Waals surface area contributed by atoms with Crippen LogP contribution in [0, 0.1) is 0 Å². The maximum atomic E-state index is 10.4. The summed E-state index contributed by atoms with van der Waals surface area (Å²) in [5, 5.41) is 0.612. The molecule has 0 bridgehead atoms. The van der Waals surface area contributed by atoms with E-state index in [1.807, 2.05) is 12.7 Å². The Kier molecular flexibility index (Phi) is 5.13. The Morgan fingerprint density at radius 2 is 2.38 bits per heavy atom. The zero-order chi connectivity index (χ0) is 6.41. The van der Waals surface area contributed by atoms with Gasteiger partial charge in [-0.15, -0.1) is 0 Å². The summed E-state index contributed by atoms with van der Waals surface area (Å²) in [6.07, 6.45) is 0. The quantitative estimate of drug-likeness (QED) is 0.473. The summed E-state index contributed by atoms with van der Waals surface area (Å²) < 4.78 is 4.66. The minimum atomic E-state index is -0.0602. The van der Waals surface area contributed by atoms with Gasteiger partial charge in [-0.25, -0.2) is 0 Å². The number of hydrogen-bond donors (Lipinski definition) is 0. The van der Waals surface area contributed by atoms with Crippen LogP contribution in [0.2, 0.25) is 11.1 Å². The fourth-order valence-electron chi connectivity index (χ4n) is 0.321. The molecule has 0 heterocycles. The molecule has 0 atom stereocenters. The zero-order valence-corrected chi connectivity index (χ0v) is 6.85. The van der Waals surface area contributed by atoms with Crippen molar-refractivity contribution in [1.82, 2.24) is 0 Å². The second-order valence-corrected chi connectivity index (χ2v) is 3.06. The van der Waals surface area contributed by atoms with Gasteiger partial charge in [0.2, 0.25) is 0 Å². The predicted octanol–water partition coefficient (Wildman–Crippen LogP) is 0.720. The van der Waals surface area contributed by atoms with Crippen LogP contribution in [0.15, 0.2) is 0 Å². The standard InChI is InChI=1S/C5H10O2Se/c1-3-7-5(6)4-8-2/h3-4H2,1-2H3. The second kappa shape index (κ2) is 5.13. The summed E-state index contributed by atoms with van der Waals surface area (Å²) in [6, 6.07) is 0. The molecule has 8 heavy (non-hydrogen) atoms. The van der Waals surface area contributed by atoms with Crippen LogP contribution in [0.25, 0.3) is 0 Å². The Bertz CT molecular complexity index is 64.8. The summed E-state index contributed by atoms with van der Waals surface area (Å²) in [6.45, 7) is 2.33. The van der Waals surface area contributed by atoms with Crippen LogP contribution in [0.5, 0.6) is 0 Å². The van der Waals surface area contributed by atoms with Crippen molar-refractivity contribution in [3.8, 4) is 0 Å². The van der Waals surface area contributed by atoms with E-state index in [9.17, 15) is 4.79 Å². The number of ether oxygens (including phenoxy) is 1. The molecule has 0 saturated carbocycles. The van der Waals surface area contributed by atoms with Gasteiger partial charge in [-0.2, -0.15) is 0 Å². The third-order valence-electron chi connectivity index (χ3n) is 0.568. The Morgan fingerprint density at radius 3 is 2.75 bits per heavy atom. The first-order chi connectivity index (χ1) is 3.81. The molecule has 0 N–H and O–H groups in total. The van der Waals surface area contributed by atoms with Crippen molar-refractivity contribution in [2.75, 3.05) is 6.61 Å². The molecule has 0 aliphatic heterocycles. The van der Waals surface area contributed by atoms with Crippen LogP contribution in [0.3, 0.4) is 0 Å². The van der Waals surface area contributed by atoms with Crippen molar-refractivity contribution in [1.29, 1.82) is 0 Å². The van der Waals surface area contributed by atoms with Gasteiger partial charge >= 0.3 is 55.1 Å². The number of hydrogen-bond acceptors (Lipinski definition) is 2. The first-order valence-electron chi connectivity index (χ1n) is 2.45. The Hall–Kier alpha value is -0.0105. The molecule has 0 aromatic rings. The van der Waals surface area contributed by atoms with Crippen molar-refractivity contribution < 1.29 is 9.53 Å². The van der Waals surface area contributed by atoms with Gasteiger partial charge in [0.25, 0.3) is 0 Å². The normalized spacial score (nSPS) is 8.75. The molecule has 0 spiro atoms. The van der Waals surface area contributed by atoms with Gasteiger partial charge in [-0.3, -0.25) is 0 Å². The van der Waals surface area contributed by atoms with Gasteiger partial charge in [0.15, 0.2) is 0 Å². The van der Waals surface area contributed by atoms with Gasteiger partial charge in [0.05, 0.1) is 0 Å². The zero-order valence-electron chi connectivity index (χ0n) is 5.14. The van der Waals surface area contributed by atoms with Crippen LogP contribution in [0.4, 0.5) is 0 Å². The Labute approximate surface area is 55.8 Å². The molecule has 3 heteroatoms.